The Morgan fingerprint density at radius 2 is 1.88 bits per heavy atom. The number of thiazole rings is 1. The number of amides is 1. The molecule has 0 fully saturated rings. The topological polar surface area (TPSA) is 148 Å². The van der Waals surface area contributed by atoms with Gasteiger partial charge in [0.2, 0.25) is 16.8 Å². The molecule has 2 heterocycles. The summed E-state index contributed by atoms with van der Waals surface area (Å²) < 4.78 is 44.7. The van der Waals surface area contributed by atoms with Crippen molar-refractivity contribution < 1.29 is 37.6 Å². The number of sulfonamides is 1. The van der Waals surface area contributed by atoms with Crippen molar-refractivity contribution in [1.82, 2.24) is 14.6 Å². The van der Waals surface area contributed by atoms with E-state index in [9.17, 15) is 23.4 Å². The maximum atomic E-state index is 13.6. The minimum Gasteiger partial charge on any atom is -0.487 e. The van der Waals surface area contributed by atoms with Gasteiger partial charge >= 0.3 is 6.09 Å². The average Bonchev–Trinajstić information content (AvgIpc) is 3.55. The zero-order valence-corrected chi connectivity index (χ0v) is 24.1. The van der Waals surface area contributed by atoms with Crippen molar-refractivity contribution in [3.8, 4) is 17.2 Å². The number of carbonyl (C=O) groups is 1. The van der Waals surface area contributed by atoms with Crippen molar-refractivity contribution in [3.63, 3.8) is 0 Å². The molecule has 2 aromatic carbocycles. The lowest BCUT2D eigenvalue weighted by atomic mass is 10.0. The fraction of sp³-hybridized carbons (Fsp3) is 0.407. The van der Waals surface area contributed by atoms with Crippen LogP contribution in [0.25, 0.3) is 0 Å². The number of rotatable bonds is 13. The summed E-state index contributed by atoms with van der Waals surface area (Å²) in [5.74, 6) is 1.35. The third-order valence-corrected chi connectivity index (χ3v) is 8.80. The number of hydrogen-bond acceptors (Lipinski definition) is 9. The van der Waals surface area contributed by atoms with Crippen LogP contribution in [0.3, 0.4) is 0 Å². The third kappa shape index (κ3) is 7.62. The zero-order valence-electron chi connectivity index (χ0n) is 22.4. The summed E-state index contributed by atoms with van der Waals surface area (Å²) in [6.45, 7) is 5.80. The molecule has 0 saturated heterocycles. The molecule has 3 N–H and O–H groups in total. The Morgan fingerprint density at radius 1 is 1.15 bits per heavy atom. The molecule has 0 aliphatic carbocycles. The van der Waals surface area contributed by atoms with Crippen molar-refractivity contribution >= 4 is 27.5 Å². The minimum absolute atomic E-state index is 0.00394. The van der Waals surface area contributed by atoms with Gasteiger partial charge in [0, 0.05) is 24.5 Å². The first-order chi connectivity index (χ1) is 19.0. The standard InChI is InChI=1S/C27H33N3O8S2/c1-17(2)12-30(40(34,35)22-8-9-25-26(11-22)38-16-37-25)13-24(31)23(29-27(32)33)10-19-4-6-21(7-5-19)36-14-20-15-39-18(3)28-20/h4-9,11,15,17,23-24,29,31H,10,12-14,16H2,1-3H3,(H,32,33). The predicted molar refractivity (Wildman–Crippen MR) is 148 cm³/mol. The van der Waals surface area contributed by atoms with Crippen LogP contribution < -0.4 is 19.5 Å². The Balaban J connectivity index is 1.46. The summed E-state index contributed by atoms with van der Waals surface area (Å²) in [4.78, 5) is 15.9. The summed E-state index contributed by atoms with van der Waals surface area (Å²) in [5, 5.41) is 25.8. The van der Waals surface area contributed by atoms with Gasteiger partial charge in [-0.3, -0.25) is 0 Å². The maximum absolute atomic E-state index is 13.6. The third-order valence-electron chi connectivity index (χ3n) is 6.15. The molecule has 2 unspecified atom stereocenters. The Labute approximate surface area is 237 Å². The van der Waals surface area contributed by atoms with Gasteiger partial charge in [-0.15, -0.1) is 11.3 Å². The van der Waals surface area contributed by atoms with Crippen LogP contribution >= 0.6 is 11.3 Å². The molecule has 1 amide bonds. The molecule has 0 bridgehead atoms. The molecule has 13 heteroatoms. The van der Waals surface area contributed by atoms with Gasteiger partial charge < -0.3 is 29.7 Å². The summed E-state index contributed by atoms with van der Waals surface area (Å²) in [7, 11) is -4.04. The summed E-state index contributed by atoms with van der Waals surface area (Å²) in [6, 6.07) is 10.4. The van der Waals surface area contributed by atoms with Gasteiger partial charge in [-0.25, -0.2) is 18.2 Å². The van der Waals surface area contributed by atoms with Crippen LogP contribution in [0.5, 0.6) is 17.2 Å². The number of nitrogens with one attached hydrogen (secondary N) is 1. The first kappa shape index (κ1) is 29.6. The lowest BCUT2D eigenvalue weighted by Gasteiger charge is -2.30. The molecule has 40 heavy (non-hydrogen) atoms. The molecule has 0 saturated carbocycles. The Bertz CT molecular complexity index is 1410. The van der Waals surface area contributed by atoms with Gasteiger partial charge in [0.1, 0.15) is 12.4 Å². The van der Waals surface area contributed by atoms with Crippen molar-refractivity contribution in [3.05, 3.63) is 64.1 Å². The first-order valence-corrected chi connectivity index (χ1v) is 15.0. The molecular weight excluding hydrogens is 558 g/mol. The van der Waals surface area contributed by atoms with E-state index in [0.29, 0.717) is 23.9 Å². The number of aryl methyl sites for hydroxylation is 1. The second kappa shape index (κ2) is 12.9. The van der Waals surface area contributed by atoms with Gasteiger partial charge in [0.05, 0.1) is 27.7 Å². The van der Waals surface area contributed by atoms with Gasteiger partial charge in [-0.05, 0) is 49.1 Å². The second-order valence-electron chi connectivity index (χ2n) is 9.85. The Hall–Kier alpha value is -3.39. The van der Waals surface area contributed by atoms with Crippen molar-refractivity contribution in [2.75, 3.05) is 19.9 Å². The number of ether oxygens (including phenoxy) is 3. The molecule has 216 valence electrons. The second-order valence-corrected chi connectivity index (χ2v) is 12.8. The van der Waals surface area contributed by atoms with Crippen molar-refractivity contribution in [1.29, 1.82) is 0 Å². The number of aliphatic hydroxyl groups excluding tert-OH is 1. The number of benzene rings is 2. The van der Waals surface area contributed by atoms with E-state index < -0.39 is 28.3 Å². The smallest absolute Gasteiger partial charge is 0.404 e. The molecular formula is C27H33N3O8S2. The monoisotopic (exact) mass is 591 g/mol. The van der Waals surface area contributed by atoms with Crippen LogP contribution in [0.2, 0.25) is 0 Å². The Kier molecular flexibility index (Phi) is 9.51. The average molecular weight is 592 g/mol. The highest BCUT2D eigenvalue weighted by Gasteiger charge is 2.32. The molecule has 4 rings (SSSR count). The van der Waals surface area contributed by atoms with Gasteiger partial charge in [-0.1, -0.05) is 26.0 Å². The van der Waals surface area contributed by atoms with Gasteiger partial charge in [0.15, 0.2) is 11.5 Å². The van der Waals surface area contributed by atoms with E-state index in [4.69, 9.17) is 14.2 Å². The van der Waals surface area contributed by atoms with Crippen LogP contribution in [0.15, 0.2) is 52.7 Å². The van der Waals surface area contributed by atoms with Crippen molar-refractivity contribution in [2.24, 2.45) is 5.92 Å². The van der Waals surface area contributed by atoms with E-state index in [2.05, 4.69) is 10.3 Å². The highest BCUT2D eigenvalue weighted by atomic mass is 32.2. The number of nitrogens with zero attached hydrogens (tertiary/aromatic N) is 2. The minimum atomic E-state index is -4.04. The van der Waals surface area contributed by atoms with Gasteiger partial charge in [-0.2, -0.15) is 4.31 Å². The number of carboxylic acid groups (broad SMARTS) is 1. The van der Waals surface area contributed by atoms with E-state index in [1.165, 1.54) is 22.5 Å². The van der Waals surface area contributed by atoms with Crippen LogP contribution in [0.4, 0.5) is 4.79 Å². The molecule has 0 spiro atoms. The van der Waals surface area contributed by atoms with Crippen molar-refractivity contribution in [2.45, 2.75) is 50.8 Å². The first-order valence-electron chi connectivity index (χ1n) is 12.7. The quantitative estimate of drug-likeness (QED) is 0.271. The zero-order chi connectivity index (χ0) is 28.9. The SMILES string of the molecule is Cc1nc(COc2ccc(CC(NC(=O)O)C(O)CN(CC(C)C)S(=O)(=O)c3ccc4c(c3)OCO4)cc2)cs1. The molecule has 1 aliphatic heterocycles. The Morgan fingerprint density at radius 3 is 2.52 bits per heavy atom. The molecule has 11 nitrogen and oxygen atoms in total. The number of aliphatic hydroxyl groups is 1. The predicted octanol–water partition coefficient (Wildman–Crippen LogP) is 3.65. The summed E-state index contributed by atoms with van der Waals surface area (Å²) >= 11 is 1.55. The van der Waals surface area contributed by atoms with Gasteiger partial charge in [0.25, 0.3) is 0 Å². The largest absolute Gasteiger partial charge is 0.487 e. The number of hydrogen-bond donors (Lipinski definition) is 3. The van der Waals surface area contributed by atoms with Crippen LogP contribution in [-0.2, 0) is 23.1 Å². The lowest BCUT2D eigenvalue weighted by Crippen LogP contribution is -2.50. The van der Waals surface area contributed by atoms with E-state index in [1.807, 2.05) is 26.2 Å². The van der Waals surface area contributed by atoms with Crippen LogP contribution in [0, 0.1) is 12.8 Å². The molecule has 3 aromatic rings. The lowest BCUT2D eigenvalue weighted by molar-refractivity contribution is 0.0980. The number of fused-ring (bicyclic) bond motifs is 1. The van der Waals surface area contributed by atoms with E-state index in [0.717, 1.165) is 16.3 Å². The summed E-state index contributed by atoms with van der Waals surface area (Å²) in [6.07, 6.45) is -2.52. The van der Waals surface area contributed by atoms with E-state index in [1.54, 1.807) is 35.6 Å². The molecule has 2 atom stereocenters. The molecule has 1 aliphatic rings. The highest BCUT2D eigenvalue weighted by Crippen LogP contribution is 2.35. The van der Waals surface area contributed by atoms with Crippen LogP contribution in [0.1, 0.15) is 30.1 Å². The van der Waals surface area contributed by atoms with E-state index in [-0.39, 0.29) is 37.1 Å². The molecule has 1 aromatic heterocycles. The highest BCUT2D eigenvalue weighted by molar-refractivity contribution is 7.89. The number of aromatic nitrogens is 1. The summed E-state index contributed by atoms with van der Waals surface area (Å²) in [5.41, 5.74) is 1.57. The molecule has 0 radical (unpaired) electrons. The fourth-order valence-corrected chi connectivity index (χ4v) is 6.48. The normalized spacial score (nSPS) is 14.3. The van der Waals surface area contributed by atoms with Crippen LogP contribution in [-0.4, -0.2) is 66.0 Å². The van der Waals surface area contributed by atoms with E-state index >= 15 is 0 Å². The fourth-order valence-electron chi connectivity index (χ4n) is 4.25. The maximum Gasteiger partial charge on any atom is 0.404 e.